The van der Waals surface area contributed by atoms with E-state index in [2.05, 4.69) is 235 Å². The number of fused-ring (bicyclic) bond motifs is 9. The summed E-state index contributed by atoms with van der Waals surface area (Å²) in [5.74, 6) is 0. The van der Waals surface area contributed by atoms with E-state index in [1.54, 1.807) is 0 Å². The van der Waals surface area contributed by atoms with Crippen molar-refractivity contribution in [2.75, 3.05) is 4.90 Å². The number of nitrogens with zero attached hydrogens (tertiary/aromatic N) is 1. The van der Waals surface area contributed by atoms with Crippen molar-refractivity contribution in [3.05, 3.63) is 259 Å². The lowest BCUT2D eigenvalue weighted by molar-refractivity contribution is 0.669. The molecule has 0 fully saturated rings. The van der Waals surface area contributed by atoms with E-state index in [0.717, 1.165) is 72.1 Å². The maximum Gasteiger partial charge on any atom is 0.137 e. The average Bonchev–Trinajstić information content (AvgIpc) is 4.04. The Hall–Kier alpha value is -8.40. The van der Waals surface area contributed by atoms with Gasteiger partial charge in [0.1, 0.15) is 22.3 Å². The van der Waals surface area contributed by atoms with Crippen LogP contribution >= 0.6 is 0 Å². The van der Waals surface area contributed by atoms with Crippen molar-refractivity contribution >= 4 is 60.9 Å². The van der Waals surface area contributed by atoms with Gasteiger partial charge in [-0.25, -0.2) is 0 Å². The van der Waals surface area contributed by atoms with E-state index in [9.17, 15) is 0 Å². The van der Waals surface area contributed by atoms with Crippen LogP contribution in [0, 0.1) is 0 Å². The first-order valence-electron chi connectivity index (χ1n) is 21.9. The highest BCUT2D eigenvalue weighted by Crippen LogP contribution is 2.59. The number of rotatable bonds is 7. The van der Waals surface area contributed by atoms with Crippen molar-refractivity contribution in [2.24, 2.45) is 0 Å². The molecular formula is C61H39NO2. The number of para-hydroxylation sites is 1. The fraction of sp³-hybridized carbons (Fsp3) is 0.0164. The van der Waals surface area contributed by atoms with Crippen LogP contribution in [0.3, 0.4) is 0 Å². The predicted molar refractivity (Wildman–Crippen MR) is 264 cm³/mol. The molecule has 1 aliphatic rings. The molecule has 0 N–H and O–H groups in total. The smallest absolute Gasteiger partial charge is 0.137 e. The first kappa shape index (κ1) is 36.3. The first-order chi connectivity index (χ1) is 31.8. The Morgan fingerprint density at radius 1 is 0.328 bits per heavy atom. The van der Waals surface area contributed by atoms with E-state index < -0.39 is 5.41 Å². The molecule has 3 nitrogen and oxygen atoms in total. The maximum atomic E-state index is 6.71. The van der Waals surface area contributed by atoms with E-state index in [1.165, 1.54) is 44.5 Å². The summed E-state index contributed by atoms with van der Waals surface area (Å²) in [6.45, 7) is 0. The van der Waals surface area contributed by atoms with E-state index in [0.29, 0.717) is 0 Å². The van der Waals surface area contributed by atoms with E-state index in [1.807, 2.05) is 6.07 Å². The van der Waals surface area contributed by atoms with Crippen molar-refractivity contribution in [1.29, 1.82) is 0 Å². The summed E-state index contributed by atoms with van der Waals surface area (Å²) in [4.78, 5) is 2.43. The molecule has 0 saturated carbocycles. The Balaban J connectivity index is 1.12. The summed E-state index contributed by atoms with van der Waals surface area (Å²) in [5.41, 5.74) is 18.0. The Morgan fingerprint density at radius 2 is 0.875 bits per heavy atom. The van der Waals surface area contributed by atoms with Crippen LogP contribution in [0.4, 0.5) is 17.1 Å². The van der Waals surface area contributed by atoms with Gasteiger partial charge in [-0.15, -0.1) is 0 Å². The Morgan fingerprint density at radius 3 is 1.64 bits per heavy atom. The van der Waals surface area contributed by atoms with E-state index in [4.69, 9.17) is 8.83 Å². The van der Waals surface area contributed by atoms with Crippen LogP contribution in [-0.4, -0.2) is 0 Å². The van der Waals surface area contributed by atoms with Crippen molar-refractivity contribution in [1.82, 2.24) is 0 Å². The second-order valence-corrected chi connectivity index (χ2v) is 16.7. The molecule has 2 aromatic heterocycles. The van der Waals surface area contributed by atoms with Gasteiger partial charge in [0.2, 0.25) is 0 Å². The lowest BCUT2D eigenvalue weighted by Gasteiger charge is -2.35. The van der Waals surface area contributed by atoms with Gasteiger partial charge >= 0.3 is 0 Å². The molecule has 13 rings (SSSR count). The molecule has 0 aliphatic heterocycles. The minimum absolute atomic E-state index is 0.632. The monoisotopic (exact) mass is 817 g/mol. The normalized spacial score (nSPS) is 14.3. The van der Waals surface area contributed by atoms with Crippen LogP contribution in [0.15, 0.2) is 245 Å². The highest BCUT2D eigenvalue weighted by Gasteiger charge is 2.47. The summed E-state index contributed by atoms with van der Waals surface area (Å²) >= 11 is 0. The molecule has 12 aromatic rings. The predicted octanol–water partition coefficient (Wildman–Crippen LogP) is 16.7. The molecule has 0 amide bonds. The standard InChI is InChI=1S/C61H39NO2/c1-4-18-40(19-5-1)42-36-37-55-49(38-42)60-53(32-17-35-57(60)64-55)62(52-31-16-34-56-59(52)48-27-11-13-33-54(48)63-56)45-25-14-24-44(39-45)61(43-22-8-3-9-23-43)50-29-12-10-26-47(50)58-46(28-15-30-51(58)61)41-20-6-2-7-21-41/h1-39H. The van der Waals surface area contributed by atoms with Gasteiger partial charge in [0.25, 0.3) is 0 Å². The zero-order chi connectivity index (χ0) is 42.2. The molecule has 0 bridgehead atoms. The third-order valence-electron chi connectivity index (χ3n) is 13.3. The number of anilines is 3. The van der Waals surface area contributed by atoms with Crippen LogP contribution < -0.4 is 4.90 Å². The van der Waals surface area contributed by atoms with E-state index in [-0.39, 0.29) is 0 Å². The molecule has 1 atom stereocenters. The molecule has 300 valence electrons. The quantitative estimate of drug-likeness (QED) is 0.160. The first-order valence-corrected chi connectivity index (χ1v) is 21.9. The van der Waals surface area contributed by atoms with E-state index >= 15 is 0 Å². The van der Waals surface area contributed by atoms with Crippen molar-refractivity contribution in [3.63, 3.8) is 0 Å². The molecule has 2 heterocycles. The van der Waals surface area contributed by atoms with Crippen molar-refractivity contribution in [3.8, 4) is 33.4 Å². The van der Waals surface area contributed by atoms with Gasteiger partial charge in [-0.1, -0.05) is 182 Å². The maximum absolute atomic E-state index is 6.71. The van der Waals surface area contributed by atoms with Gasteiger partial charge in [-0.05, 0) is 110 Å². The number of benzene rings is 10. The molecule has 0 radical (unpaired) electrons. The number of furan rings is 2. The van der Waals surface area contributed by atoms with Gasteiger partial charge in [0.15, 0.2) is 0 Å². The molecule has 64 heavy (non-hydrogen) atoms. The van der Waals surface area contributed by atoms with Crippen LogP contribution in [0.25, 0.3) is 77.3 Å². The highest BCUT2D eigenvalue weighted by atomic mass is 16.3. The minimum Gasteiger partial charge on any atom is -0.456 e. The Bertz CT molecular complexity index is 3730. The average molecular weight is 818 g/mol. The van der Waals surface area contributed by atoms with Crippen LogP contribution in [0.1, 0.15) is 22.3 Å². The summed E-state index contributed by atoms with van der Waals surface area (Å²) < 4.78 is 13.3. The molecule has 0 spiro atoms. The van der Waals surface area contributed by atoms with Crippen LogP contribution in [0.2, 0.25) is 0 Å². The van der Waals surface area contributed by atoms with Gasteiger partial charge in [0, 0.05) is 16.5 Å². The molecule has 1 unspecified atom stereocenters. The van der Waals surface area contributed by atoms with Gasteiger partial charge in [0.05, 0.1) is 27.6 Å². The third-order valence-corrected chi connectivity index (χ3v) is 13.3. The summed E-state index contributed by atoms with van der Waals surface area (Å²) in [6.07, 6.45) is 0. The fourth-order valence-electron chi connectivity index (χ4n) is 10.7. The van der Waals surface area contributed by atoms with Crippen LogP contribution in [-0.2, 0) is 5.41 Å². The third kappa shape index (κ3) is 5.34. The lowest BCUT2D eigenvalue weighted by atomic mass is 9.67. The summed E-state index contributed by atoms with van der Waals surface area (Å²) in [7, 11) is 0. The van der Waals surface area contributed by atoms with Crippen molar-refractivity contribution in [2.45, 2.75) is 5.41 Å². The van der Waals surface area contributed by atoms with Gasteiger partial charge in [-0.3, -0.25) is 0 Å². The topological polar surface area (TPSA) is 29.5 Å². The lowest BCUT2D eigenvalue weighted by Crippen LogP contribution is -2.29. The van der Waals surface area contributed by atoms with Gasteiger partial charge in [-0.2, -0.15) is 0 Å². The SMILES string of the molecule is c1ccc(-c2ccc3oc4cccc(N(c5cccc(C6(c7ccccc7)c7ccccc7-c7c(-c8ccccc8)cccc76)c5)c5cccc6oc7ccccc7c56)c4c3c2)cc1. The number of hydrogen-bond acceptors (Lipinski definition) is 3. The zero-order valence-corrected chi connectivity index (χ0v) is 34.8. The second-order valence-electron chi connectivity index (χ2n) is 16.7. The number of hydrogen-bond donors (Lipinski definition) is 0. The molecule has 1 aliphatic carbocycles. The molecular weight excluding hydrogens is 779 g/mol. The largest absolute Gasteiger partial charge is 0.456 e. The van der Waals surface area contributed by atoms with Gasteiger partial charge < -0.3 is 13.7 Å². The fourth-order valence-corrected chi connectivity index (χ4v) is 10.7. The second kappa shape index (κ2) is 14.3. The zero-order valence-electron chi connectivity index (χ0n) is 34.8. The summed E-state index contributed by atoms with van der Waals surface area (Å²) in [6, 6.07) is 85.3. The molecule has 10 aromatic carbocycles. The summed E-state index contributed by atoms with van der Waals surface area (Å²) in [5, 5.41) is 4.23. The minimum atomic E-state index is -0.632. The van der Waals surface area contributed by atoms with Crippen LogP contribution in [0.5, 0.6) is 0 Å². The Labute approximate surface area is 370 Å². The molecule has 0 saturated heterocycles. The Kier molecular flexibility index (Phi) is 8.13. The van der Waals surface area contributed by atoms with Crippen molar-refractivity contribution < 1.29 is 8.83 Å². The molecule has 3 heteroatoms. The highest BCUT2D eigenvalue weighted by molar-refractivity contribution is 6.18.